The summed E-state index contributed by atoms with van der Waals surface area (Å²) >= 11 is 0. The number of phenols is 1. The molecule has 1 aromatic carbocycles. The van der Waals surface area contributed by atoms with Crippen LogP contribution in [0.4, 0.5) is 0 Å². The lowest BCUT2D eigenvalue weighted by atomic mass is 9.91. The van der Waals surface area contributed by atoms with E-state index in [9.17, 15) is 5.11 Å². The molecule has 2 N–H and O–H groups in total. The Hall–Kier alpha value is -1.02. The smallest absolute Gasteiger partial charge is 0.115 e. The summed E-state index contributed by atoms with van der Waals surface area (Å²) in [6.07, 6.45) is 5.00. The summed E-state index contributed by atoms with van der Waals surface area (Å²) in [6.45, 7) is 5.68. The maximum absolute atomic E-state index is 9.52. The van der Waals surface area contributed by atoms with Crippen molar-refractivity contribution >= 4 is 0 Å². The number of benzene rings is 1. The lowest BCUT2D eigenvalue weighted by Gasteiger charge is -2.20. The summed E-state index contributed by atoms with van der Waals surface area (Å²) in [4.78, 5) is 0. The normalized spacial score (nSPS) is 17.1. The first kappa shape index (κ1) is 13.4. The van der Waals surface area contributed by atoms with E-state index < -0.39 is 0 Å². The van der Waals surface area contributed by atoms with Crippen LogP contribution >= 0.6 is 0 Å². The van der Waals surface area contributed by atoms with E-state index in [-0.39, 0.29) is 0 Å². The van der Waals surface area contributed by atoms with Crippen molar-refractivity contribution in [2.75, 3.05) is 6.54 Å². The third kappa shape index (κ3) is 4.69. The molecule has 1 atom stereocenters. The van der Waals surface area contributed by atoms with Gasteiger partial charge in [0, 0.05) is 6.04 Å². The maximum atomic E-state index is 9.52. The van der Waals surface area contributed by atoms with E-state index in [4.69, 9.17) is 0 Å². The van der Waals surface area contributed by atoms with Gasteiger partial charge in [0.15, 0.2) is 0 Å². The molecule has 2 rings (SSSR count). The zero-order chi connectivity index (χ0) is 13.0. The van der Waals surface area contributed by atoms with Crippen LogP contribution in [0.3, 0.4) is 0 Å². The van der Waals surface area contributed by atoms with Gasteiger partial charge in [-0.25, -0.2) is 0 Å². The van der Waals surface area contributed by atoms with Crippen LogP contribution in [0.5, 0.6) is 5.75 Å². The lowest BCUT2D eigenvalue weighted by Crippen LogP contribution is -2.27. The zero-order valence-corrected chi connectivity index (χ0v) is 11.5. The average molecular weight is 247 g/mol. The van der Waals surface area contributed by atoms with Crippen molar-refractivity contribution in [1.29, 1.82) is 0 Å². The Kier molecular flexibility index (Phi) is 4.65. The molecule has 18 heavy (non-hydrogen) atoms. The van der Waals surface area contributed by atoms with Gasteiger partial charge in [0.2, 0.25) is 0 Å². The number of nitrogens with one attached hydrogen (secondary N) is 1. The second-order valence-corrected chi connectivity index (χ2v) is 6.05. The van der Waals surface area contributed by atoms with E-state index in [1.165, 1.54) is 24.8 Å². The number of phenolic OH excluding ortho intramolecular Hbond substituents is 1. The molecule has 1 aromatic rings. The molecule has 100 valence electrons. The highest BCUT2D eigenvalue weighted by Gasteiger charge is 2.22. The highest BCUT2D eigenvalue weighted by atomic mass is 16.3. The van der Waals surface area contributed by atoms with Crippen LogP contribution in [0.1, 0.15) is 38.7 Å². The topological polar surface area (TPSA) is 32.3 Å². The highest BCUT2D eigenvalue weighted by Crippen LogP contribution is 2.22. The molecule has 1 aliphatic rings. The molecule has 0 radical (unpaired) electrons. The van der Waals surface area contributed by atoms with Gasteiger partial charge in [-0.15, -0.1) is 0 Å². The Labute approximate surface area is 110 Å². The summed E-state index contributed by atoms with van der Waals surface area (Å²) in [5.41, 5.74) is 1.25. The quantitative estimate of drug-likeness (QED) is 0.774. The van der Waals surface area contributed by atoms with Crippen LogP contribution in [0.25, 0.3) is 0 Å². The second-order valence-electron chi connectivity index (χ2n) is 6.05. The first-order chi connectivity index (χ1) is 8.63. The number of aromatic hydroxyl groups is 1. The van der Waals surface area contributed by atoms with Gasteiger partial charge in [-0.3, -0.25) is 0 Å². The monoisotopic (exact) mass is 247 g/mol. The van der Waals surface area contributed by atoms with Crippen molar-refractivity contribution in [2.45, 2.75) is 45.6 Å². The summed E-state index contributed by atoms with van der Waals surface area (Å²) < 4.78 is 0. The molecule has 1 fully saturated rings. The van der Waals surface area contributed by atoms with Crippen molar-refractivity contribution in [3.8, 4) is 5.75 Å². The van der Waals surface area contributed by atoms with Crippen molar-refractivity contribution < 1.29 is 5.11 Å². The van der Waals surface area contributed by atoms with Gasteiger partial charge in [-0.05, 0) is 61.8 Å². The predicted octanol–water partition coefficient (Wildman–Crippen LogP) is 3.35. The molecule has 0 aliphatic heterocycles. The fourth-order valence-corrected chi connectivity index (χ4v) is 2.54. The molecule has 1 aliphatic carbocycles. The van der Waals surface area contributed by atoms with E-state index in [0.717, 1.165) is 24.9 Å². The van der Waals surface area contributed by atoms with Crippen molar-refractivity contribution in [3.63, 3.8) is 0 Å². The summed E-state index contributed by atoms with van der Waals surface area (Å²) in [5, 5.41) is 13.2. The fraction of sp³-hybridized carbons (Fsp3) is 0.625. The molecule has 1 unspecified atom stereocenters. The second kappa shape index (κ2) is 6.24. The Bertz CT molecular complexity index is 371. The largest absolute Gasteiger partial charge is 0.508 e. The van der Waals surface area contributed by atoms with Crippen LogP contribution in [0.2, 0.25) is 0 Å². The minimum absolute atomic E-state index is 0.381. The summed E-state index contributed by atoms with van der Waals surface area (Å²) in [7, 11) is 0. The molecule has 1 saturated carbocycles. The number of hydrogen-bond donors (Lipinski definition) is 2. The van der Waals surface area contributed by atoms with Gasteiger partial charge < -0.3 is 10.4 Å². The molecule has 0 heterocycles. The molecular weight excluding hydrogens is 222 g/mol. The Morgan fingerprint density at radius 2 is 2.11 bits per heavy atom. The van der Waals surface area contributed by atoms with Gasteiger partial charge in [-0.1, -0.05) is 26.0 Å². The van der Waals surface area contributed by atoms with Gasteiger partial charge in [0.25, 0.3) is 0 Å². The third-order valence-corrected chi connectivity index (χ3v) is 3.51. The van der Waals surface area contributed by atoms with Gasteiger partial charge in [0.1, 0.15) is 5.75 Å². The zero-order valence-electron chi connectivity index (χ0n) is 11.5. The number of hydrogen-bond acceptors (Lipinski definition) is 2. The van der Waals surface area contributed by atoms with E-state index in [1.807, 2.05) is 12.1 Å². The van der Waals surface area contributed by atoms with Crippen molar-refractivity contribution in [3.05, 3.63) is 29.8 Å². The van der Waals surface area contributed by atoms with Crippen molar-refractivity contribution in [2.24, 2.45) is 11.8 Å². The SMILES string of the molecule is CC(C)CC(CNC1CC1)Cc1cccc(O)c1. The van der Waals surface area contributed by atoms with Crippen LogP contribution in [-0.4, -0.2) is 17.7 Å². The molecule has 0 saturated heterocycles. The number of rotatable bonds is 7. The first-order valence-corrected chi connectivity index (χ1v) is 7.14. The molecule has 0 spiro atoms. The average Bonchev–Trinajstić information content (AvgIpc) is 3.09. The summed E-state index contributed by atoms with van der Waals surface area (Å²) in [6, 6.07) is 8.47. The van der Waals surface area contributed by atoms with Gasteiger partial charge >= 0.3 is 0 Å². The minimum Gasteiger partial charge on any atom is -0.508 e. The third-order valence-electron chi connectivity index (χ3n) is 3.51. The van der Waals surface area contributed by atoms with E-state index in [0.29, 0.717) is 11.7 Å². The van der Waals surface area contributed by atoms with Gasteiger partial charge in [-0.2, -0.15) is 0 Å². The Morgan fingerprint density at radius 1 is 1.33 bits per heavy atom. The standard InChI is InChI=1S/C16H25NO/c1-12(2)8-14(11-17-15-6-7-15)9-13-4-3-5-16(18)10-13/h3-5,10,12,14-15,17-18H,6-9,11H2,1-2H3. The Balaban J connectivity index is 1.89. The fourth-order valence-electron chi connectivity index (χ4n) is 2.54. The maximum Gasteiger partial charge on any atom is 0.115 e. The van der Waals surface area contributed by atoms with Crippen LogP contribution < -0.4 is 5.32 Å². The molecule has 0 amide bonds. The molecule has 0 bridgehead atoms. The highest BCUT2D eigenvalue weighted by molar-refractivity contribution is 5.27. The van der Waals surface area contributed by atoms with E-state index in [2.05, 4.69) is 25.2 Å². The summed E-state index contributed by atoms with van der Waals surface area (Å²) in [5.74, 6) is 1.78. The van der Waals surface area contributed by atoms with Crippen molar-refractivity contribution in [1.82, 2.24) is 5.32 Å². The first-order valence-electron chi connectivity index (χ1n) is 7.14. The van der Waals surface area contributed by atoms with Crippen LogP contribution in [-0.2, 0) is 6.42 Å². The van der Waals surface area contributed by atoms with E-state index in [1.54, 1.807) is 6.07 Å². The lowest BCUT2D eigenvalue weighted by molar-refractivity contribution is 0.383. The van der Waals surface area contributed by atoms with Crippen LogP contribution in [0, 0.1) is 11.8 Å². The minimum atomic E-state index is 0.381. The van der Waals surface area contributed by atoms with E-state index >= 15 is 0 Å². The molecular formula is C16H25NO. The molecule has 2 nitrogen and oxygen atoms in total. The Morgan fingerprint density at radius 3 is 2.72 bits per heavy atom. The van der Waals surface area contributed by atoms with Gasteiger partial charge in [0.05, 0.1) is 0 Å². The molecule has 0 aromatic heterocycles. The predicted molar refractivity (Wildman–Crippen MR) is 75.8 cm³/mol. The van der Waals surface area contributed by atoms with Crippen LogP contribution in [0.15, 0.2) is 24.3 Å². The molecule has 2 heteroatoms.